The van der Waals surface area contributed by atoms with Gasteiger partial charge in [0, 0.05) is 17.3 Å². The zero-order valence-electron chi connectivity index (χ0n) is 17.4. The summed E-state index contributed by atoms with van der Waals surface area (Å²) < 4.78 is 12.8. The van der Waals surface area contributed by atoms with E-state index < -0.39 is 0 Å². The molecule has 3 aromatic heterocycles. The van der Waals surface area contributed by atoms with Gasteiger partial charge in [-0.3, -0.25) is 4.79 Å². The lowest BCUT2D eigenvalue weighted by Crippen LogP contribution is -2.21. The lowest BCUT2D eigenvalue weighted by atomic mass is 9.88. The second-order valence-electron chi connectivity index (χ2n) is 7.60. The zero-order chi connectivity index (χ0) is 21.3. The van der Waals surface area contributed by atoms with Gasteiger partial charge in [0.2, 0.25) is 0 Å². The number of aryl methyl sites for hydroxylation is 1. The number of nitrogens with one attached hydrogen (secondary N) is 1. The van der Waals surface area contributed by atoms with Gasteiger partial charge in [0.1, 0.15) is 5.00 Å². The number of ether oxygens (including phenoxy) is 2. The molecule has 1 amide bonds. The van der Waals surface area contributed by atoms with Crippen molar-refractivity contribution >= 4 is 33.9 Å². The van der Waals surface area contributed by atoms with Crippen molar-refractivity contribution in [1.29, 1.82) is 0 Å². The molecule has 1 unspecified atom stereocenters. The molecule has 1 atom stereocenters. The Bertz CT molecular complexity index is 1100. The number of imidazole rings is 1. The maximum Gasteiger partial charge on any atom is 0.341 e. The Morgan fingerprint density at radius 1 is 1.40 bits per heavy atom. The van der Waals surface area contributed by atoms with E-state index in [-0.39, 0.29) is 18.5 Å². The number of thiophene rings is 1. The number of amides is 1. The molecule has 158 valence electrons. The number of esters is 1. The van der Waals surface area contributed by atoms with Crippen molar-refractivity contribution < 1.29 is 19.1 Å². The average molecular weight is 428 g/mol. The van der Waals surface area contributed by atoms with Crippen molar-refractivity contribution in [3.05, 3.63) is 46.2 Å². The first kappa shape index (κ1) is 20.4. The largest absolute Gasteiger partial charge is 0.480 e. The maximum atomic E-state index is 12.6. The molecule has 1 aliphatic rings. The first-order chi connectivity index (χ1) is 14.5. The number of pyridine rings is 1. The fourth-order valence-corrected chi connectivity index (χ4v) is 5.20. The lowest BCUT2D eigenvalue weighted by Gasteiger charge is -2.18. The number of carbonyl (C=O) groups excluding carboxylic acids is 2. The zero-order valence-corrected chi connectivity index (χ0v) is 18.2. The van der Waals surface area contributed by atoms with E-state index in [0.29, 0.717) is 34.5 Å². The highest BCUT2D eigenvalue weighted by Gasteiger charge is 2.29. The highest BCUT2D eigenvalue weighted by molar-refractivity contribution is 7.17. The summed E-state index contributed by atoms with van der Waals surface area (Å²) in [5.41, 5.74) is 3.05. The minimum atomic E-state index is -0.376. The molecule has 0 radical (unpaired) electrons. The van der Waals surface area contributed by atoms with E-state index >= 15 is 0 Å². The van der Waals surface area contributed by atoms with E-state index in [1.54, 1.807) is 13.0 Å². The number of anilines is 1. The molecule has 30 heavy (non-hydrogen) atoms. The van der Waals surface area contributed by atoms with Gasteiger partial charge in [0.15, 0.2) is 18.0 Å². The van der Waals surface area contributed by atoms with Crippen LogP contribution in [0.2, 0.25) is 0 Å². The predicted octanol–water partition coefficient (Wildman–Crippen LogP) is 4.02. The van der Waals surface area contributed by atoms with Gasteiger partial charge >= 0.3 is 5.97 Å². The molecule has 0 aliphatic heterocycles. The Hall–Kier alpha value is -2.87. The lowest BCUT2D eigenvalue weighted by molar-refractivity contribution is -0.118. The molecule has 7 nitrogen and oxygen atoms in total. The van der Waals surface area contributed by atoms with Gasteiger partial charge in [-0.25, -0.2) is 9.78 Å². The molecular weight excluding hydrogens is 402 g/mol. The fourth-order valence-electron chi connectivity index (χ4n) is 3.79. The highest BCUT2D eigenvalue weighted by atomic mass is 32.1. The Labute approximate surface area is 179 Å². The van der Waals surface area contributed by atoms with Crippen LogP contribution in [0.4, 0.5) is 5.00 Å². The summed E-state index contributed by atoms with van der Waals surface area (Å²) in [6.45, 7) is 6.01. The van der Waals surface area contributed by atoms with Crippen LogP contribution in [0.3, 0.4) is 0 Å². The average Bonchev–Trinajstić information content (AvgIpc) is 3.25. The van der Waals surface area contributed by atoms with Gasteiger partial charge in [-0.1, -0.05) is 6.92 Å². The highest BCUT2D eigenvalue weighted by Crippen LogP contribution is 2.40. The topological polar surface area (TPSA) is 81.9 Å². The third-order valence-corrected chi connectivity index (χ3v) is 6.34. The molecule has 8 heteroatoms. The summed E-state index contributed by atoms with van der Waals surface area (Å²) in [4.78, 5) is 30.8. The molecule has 0 saturated heterocycles. The van der Waals surface area contributed by atoms with Crippen LogP contribution in [0.25, 0.3) is 5.65 Å². The van der Waals surface area contributed by atoms with Crippen molar-refractivity contribution in [1.82, 2.24) is 9.38 Å². The Morgan fingerprint density at radius 2 is 2.23 bits per heavy atom. The van der Waals surface area contributed by atoms with E-state index in [1.807, 2.05) is 29.8 Å². The summed E-state index contributed by atoms with van der Waals surface area (Å²) in [6.07, 6.45) is 6.55. The molecule has 0 spiro atoms. The summed E-state index contributed by atoms with van der Waals surface area (Å²) in [5.74, 6) is 0.401. The summed E-state index contributed by atoms with van der Waals surface area (Å²) in [5, 5.41) is 3.42. The molecule has 0 fully saturated rings. The Kier molecular flexibility index (Phi) is 5.76. The smallest absolute Gasteiger partial charge is 0.341 e. The monoisotopic (exact) mass is 427 g/mol. The first-order valence-electron chi connectivity index (χ1n) is 10.1. The maximum absolute atomic E-state index is 12.6. The van der Waals surface area contributed by atoms with Crippen molar-refractivity contribution in [3.8, 4) is 5.75 Å². The van der Waals surface area contributed by atoms with Crippen molar-refractivity contribution in [2.24, 2.45) is 5.92 Å². The van der Waals surface area contributed by atoms with Gasteiger partial charge in [-0.15, -0.1) is 11.3 Å². The summed E-state index contributed by atoms with van der Waals surface area (Å²) >= 11 is 1.47. The van der Waals surface area contributed by atoms with Crippen LogP contribution in [0.5, 0.6) is 5.75 Å². The van der Waals surface area contributed by atoms with Crippen molar-refractivity contribution in [2.75, 3.05) is 18.5 Å². The number of fused-ring (bicyclic) bond motifs is 2. The number of aromatic nitrogens is 2. The second kappa shape index (κ2) is 8.47. The number of rotatable bonds is 6. The van der Waals surface area contributed by atoms with E-state index in [1.165, 1.54) is 11.3 Å². The van der Waals surface area contributed by atoms with Gasteiger partial charge in [0.05, 0.1) is 17.9 Å². The van der Waals surface area contributed by atoms with Gasteiger partial charge in [-0.2, -0.15) is 0 Å². The molecule has 0 saturated carbocycles. The molecule has 3 aromatic rings. The van der Waals surface area contributed by atoms with Crippen molar-refractivity contribution in [3.63, 3.8) is 0 Å². The molecular formula is C22H25N3O4S. The molecule has 0 bridgehead atoms. The summed E-state index contributed by atoms with van der Waals surface area (Å²) in [6, 6.07) is 3.62. The van der Waals surface area contributed by atoms with E-state index in [2.05, 4.69) is 17.2 Å². The minimum Gasteiger partial charge on any atom is -0.480 e. The van der Waals surface area contributed by atoms with E-state index in [9.17, 15) is 9.59 Å². The quantitative estimate of drug-likeness (QED) is 0.601. The third kappa shape index (κ3) is 4.05. The molecule has 4 rings (SSSR count). The van der Waals surface area contributed by atoms with Crippen LogP contribution in [-0.2, 0) is 22.4 Å². The fraction of sp³-hybridized carbons (Fsp3) is 0.409. The standard InChI is InChI=1S/C22H25N3O4S/c1-4-28-22(27)19-15-8-7-13(2)10-17(15)30-21(19)24-18(26)12-29-16-6-5-9-25-11-14(3)23-20(16)25/h5-6,9,11,13H,4,7-8,10,12H2,1-3H3,(H,24,26). The van der Waals surface area contributed by atoms with Gasteiger partial charge in [0.25, 0.3) is 5.91 Å². The summed E-state index contributed by atoms with van der Waals surface area (Å²) in [7, 11) is 0. The van der Waals surface area contributed by atoms with Crippen molar-refractivity contribution in [2.45, 2.75) is 40.0 Å². The normalized spacial score (nSPS) is 15.6. The third-order valence-electron chi connectivity index (χ3n) is 5.17. The number of carbonyl (C=O) groups is 2. The van der Waals surface area contributed by atoms with Gasteiger partial charge < -0.3 is 19.2 Å². The first-order valence-corrected chi connectivity index (χ1v) is 11.0. The number of nitrogens with zero attached hydrogens (tertiary/aromatic N) is 2. The predicted molar refractivity (Wildman–Crippen MR) is 116 cm³/mol. The molecule has 1 aliphatic carbocycles. The second-order valence-corrected chi connectivity index (χ2v) is 8.70. The minimum absolute atomic E-state index is 0.174. The van der Waals surface area contributed by atoms with Crippen LogP contribution in [0, 0.1) is 12.8 Å². The van der Waals surface area contributed by atoms with Crippen LogP contribution in [0.1, 0.15) is 46.8 Å². The van der Waals surface area contributed by atoms with E-state index in [0.717, 1.165) is 35.4 Å². The van der Waals surface area contributed by atoms with Crippen LogP contribution >= 0.6 is 11.3 Å². The molecule has 3 heterocycles. The van der Waals surface area contributed by atoms with E-state index in [4.69, 9.17) is 9.47 Å². The molecule has 1 N–H and O–H groups in total. The van der Waals surface area contributed by atoms with Gasteiger partial charge in [-0.05, 0) is 56.7 Å². The Balaban J connectivity index is 1.52. The number of hydrogen-bond acceptors (Lipinski definition) is 6. The Morgan fingerprint density at radius 3 is 3.03 bits per heavy atom. The number of hydrogen-bond donors (Lipinski definition) is 1. The van der Waals surface area contributed by atoms with Crippen LogP contribution < -0.4 is 10.1 Å². The SMILES string of the molecule is CCOC(=O)c1c(NC(=O)COc2cccn3cc(C)nc23)sc2c1CCC(C)C2. The van der Waals surface area contributed by atoms with Crippen LogP contribution in [0.15, 0.2) is 24.5 Å². The molecule has 0 aromatic carbocycles. The van der Waals surface area contributed by atoms with Crippen LogP contribution in [-0.4, -0.2) is 34.5 Å².